The summed E-state index contributed by atoms with van der Waals surface area (Å²) < 4.78 is 35.1. The molecule has 1 saturated heterocycles. The Morgan fingerprint density at radius 3 is 2.54 bits per heavy atom. The highest BCUT2D eigenvalue weighted by molar-refractivity contribution is 6.39. The van der Waals surface area contributed by atoms with E-state index >= 15 is 0 Å². The van der Waals surface area contributed by atoms with Crippen LogP contribution >= 0.6 is 23.2 Å². The standard InChI is InChI=1S/C22H21Cl2N9O.C2HF3O2/c1-12(29-21(34)16-19(26)30-33-6-2-5-27-20(16)33)14-9-15(23)17-18(24)28-11-32(17)22(14)31-7-3-13(10-25)4-8-31;3-2(4,5)1(6)7/h2,5-6,9,11-13H,3-4,7-8H2,1H3,(H2,26,30)(H,29,34);(H,6,7). The maximum atomic E-state index is 13.2. The number of nitrogens with two attached hydrogens (primary N) is 1. The SMILES string of the molecule is CC(NC(=O)c1c(N)nn2cccnc12)c1cc(Cl)c2c(Cl)ncn2c1N1CCC(C#N)CC1.O=C(O)C(F)(F)F. The summed E-state index contributed by atoms with van der Waals surface area (Å²) in [4.78, 5) is 32.8. The zero-order valence-corrected chi connectivity index (χ0v) is 22.7. The first-order valence-corrected chi connectivity index (χ1v) is 12.8. The zero-order chi connectivity index (χ0) is 30.1. The summed E-state index contributed by atoms with van der Waals surface area (Å²) in [5, 5.41) is 24.3. The first-order chi connectivity index (χ1) is 19.3. The van der Waals surface area contributed by atoms with Gasteiger partial charge in [0.05, 0.1) is 17.1 Å². The number of hydrogen-bond acceptors (Lipinski definition) is 8. The average Bonchev–Trinajstić information content (AvgIpc) is 3.47. The van der Waals surface area contributed by atoms with Crippen LogP contribution in [0, 0.1) is 17.2 Å². The fourth-order valence-electron chi connectivity index (χ4n) is 4.45. The highest BCUT2D eigenvalue weighted by atomic mass is 35.5. The molecule has 0 bridgehead atoms. The van der Waals surface area contributed by atoms with Crippen LogP contribution in [0.4, 0.5) is 24.8 Å². The molecule has 1 amide bonds. The van der Waals surface area contributed by atoms with Crippen LogP contribution in [-0.4, -0.2) is 60.2 Å². The van der Waals surface area contributed by atoms with Gasteiger partial charge in [-0.1, -0.05) is 23.2 Å². The molecule has 5 heterocycles. The second kappa shape index (κ2) is 11.7. The lowest BCUT2D eigenvalue weighted by Crippen LogP contribution is -2.36. The number of nitriles is 1. The van der Waals surface area contributed by atoms with Crippen molar-refractivity contribution in [2.24, 2.45) is 5.92 Å². The summed E-state index contributed by atoms with van der Waals surface area (Å²) in [6, 6.07) is 5.42. The van der Waals surface area contributed by atoms with Crippen molar-refractivity contribution in [3.63, 3.8) is 0 Å². The van der Waals surface area contributed by atoms with Gasteiger partial charge in [0, 0.05) is 37.0 Å². The van der Waals surface area contributed by atoms with Gasteiger partial charge in [-0.25, -0.2) is 19.3 Å². The zero-order valence-electron chi connectivity index (χ0n) is 21.2. The van der Waals surface area contributed by atoms with E-state index in [0.29, 0.717) is 34.4 Å². The largest absolute Gasteiger partial charge is 0.490 e. The Hall–Kier alpha value is -4.29. The molecule has 0 saturated carbocycles. The van der Waals surface area contributed by atoms with E-state index < -0.39 is 24.1 Å². The Kier molecular flexibility index (Phi) is 8.45. The number of amides is 1. The number of halogens is 5. The van der Waals surface area contributed by atoms with E-state index in [-0.39, 0.29) is 17.3 Å². The van der Waals surface area contributed by atoms with Crippen molar-refractivity contribution in [3.05, 3.63) is 52.2 Å². The Morgan fingerprint density at radius 1 is 1.27 bits per heavy atom. The lowest BCUT2D eigenvalue weighted by atomic mass is 9.97. The second-order valence-electron chi connectivity index (χ2n) is 9.06. The normalized spacial score (nSPS) is 14.8. The lowest BCUT2D eigenvalue weighted by molar-refractivity contribution is -0.192. The number of carboxylic acids is 1. The molecular weight excluding hydrogens is 590 g/mol. The first-order valence-electron chi connectivity index (χ1n) is 12.0. The van der Waals surface area contributed by atoms with Crippen LogP contribution < -0.4 is 16.0 Å². The van der Waals surface area contributed by atoms with E-state index in [1.807, 2.05) is 11.3 Å². The number of pyridine rings is 1. The molecule has 41 heavy (non-hydrogen) atoms. The molecule has 216 valence electrons. The molecule has 0 aliphatic carbocycles. The summed E-state index contributed by atoms with van der Waals surface area (Å²) >= 11 is 12.9. The van der Waals surface area contributed by atoms with E-state index in [1.165, 1.54) is 4.52 Å². The number of aromatic nitrogens is 5. The molecule has 1 atom stereocenters. The third-order valence-electron chi connectivity index (χ3n) is 6.40. The van der Waals surface area contributed by atoms with Crippen LogP contribution in [0.2, 0.25) is 10.2 Å². The molecule has 5 rings (SSSR count). The molecule has 1 aliphatic rings. The molecule has 1 unspecified atom stereocenters. The van der Waals surface area contributed by atoms with Crippen molar-refractivity contribution in [1.82, 2.24) is 29.3 Å². The number of rotatable bonds is 4. The van der Waals surface area contributed by atoms with Crippen LogP contribution in [0.15, 0.2) is 30.9 Å². The number of nitrogen functional groups attached to an aromatic ring is 1. The Labute approximate surface area is 240 Å². The third-order valence-corrected chi connectivity index (χ3v) is 6.97. The molecule has 12 nitrogen and oxygen atoms in total. The number of carboxylic acid groups (broad SMARTS) is 1. The maximum absolute atomic E-state index is 13.2. The number of anilines is 2. The summed E-state index contributed by atoms with van der Waals surface area (Å²) in [6.45, 7) is 3.24. The number of hydrogen-bond donors (Lipinski definition) is 3. The Balaban J connectivity index is 0.000000493. The van der Waals surface area contributed by atoms with Gasteiger partial charge in [-0.2, -0.15) is 18.4 Å². The van der Waals surface area contributed by atoms with Gasteiger partial charge in [-0.15, -0.1) is 5.10 Å². The minimum absolute atomic E-state index is 0.0251. The minimum Gasteiger partial charge on any atom is -0.475 e. The third kappa shape index (κ3) is 6.08. The molecule has 4 N–H and O–H groups in total. The smallest absolute Gasteiger partial charge is 0.475 e. The van der Waals surface area contributed by atoms with E-state index in [2.05, 4.69) is 31.4 Å². The van der Waals surface area contributed by atoms with Gasteiger partial charge in [-0.3, -0.25) is 9.20 Å². The number of carbonyl (C=O) groups is 2. The molecule has 4 aromatic rings. The lowest BCUT2D eigenvalue weighted by Gasteiger charge is -2.34. The molecule has 17 heteroatoms. The van der Waals surface area contributed by atoms with Gasteiger partial charge in [0.15, 0.2) is 16.6 Å². The Bertz CT molecular complexity index is 1660. The number of imidazole rings is 1. The van der Waals surface area contributed by atoms with Crippen molar-refractivity contribution in [1.29, 1.82) is 5.26 Å². The highest BCUT2D eigenvalue weighted by Crippen LogP contribution is 2.37. The number of carbonyl (C=O) groups excluding carboxylic acids is 1. The number of alkyl halides is 3. The average molecular weight is 612 g/mol. The summed E-state index contributed by atoms with van der Waals surface area (Å²) in [6.07, 6.45) is 1.29. The number of fused-ring (bicyclic) bond motifs is 2. The number of piperidine rings is 1. The predicted molar refractivity (Wildman–Crippen MR) is 143 cm³/mol. The van der Waals surface area contributed by atoms with Gasteiger partial charge in [0.1, 0.15) is 23.2 Å². The van der Waals surface area contributed by atoms with Crippen molar-refractivity contribution in [2.45, 2.75) is 32.0 Å². The predicted octanol–water partition coefficient (Wildman–Crippen LogP) is 4.13. The highest BCUT2D eigenvalue weighted by Gasteiger charge is 2.38. The monoisotopic (exact) mass is 611 g/mol. The molecule has 0 radical (unpaired) electrons. The van der Waals surface area contributed by atoms with Gasteiger partial charge < -0.3 is 21.1 Å². The number of nitrogens with zero attached hydrogens (tertiary/aromatic N) is 7. The fraction of sp³-hybridized carbons (Fsp3) is 0.333. The van der Waals surface area contributed by atoms with E-state index in [1.54, 1.807) is 30.9 Å². The van der Waals surface area contributed by atoms with Crippen LogP contribution in [0.5, 0.6) is 0 Å². The molecule has 0 aromatic carbocycles. The summed E-state index contributed by atoms with van der Waals surface area (Å²) in [5.74, 6) is -2.21. The van der Waals surface area contributed by atoms with Gasteiger partial charge in [-0.05, 0) is 31.9 Å². The minimum atomic E-state index is -5.08. The van der Waals surface area contributed by atoms with Crippen LogP contribution in [0.25, 0.3) is 11.2 Å². The Morgan fingerprint density at radius 2 is 1.93 bits per heavy atom. The molecule has 1 aliphatic heterocycles. The topological polar surface area (TPSA) is 167 Å². The van der Waals surface area contributed by atoms with Crippen molar-refractivity contribution in [2.75, 3.05) is 23.7 Å². The molecular formula is C24H22Cl2F3N9O3. The van der Waals surface area contributed by atoms with E-state index in [9.17, 15) is 23.2 Å². The van der Waals surface area contributed by atoms with Crippen LogP contribution in [-0.2, 0) is 4.79 Å². The molecule has 1 fully saturated rings. The van der Waals surface area contributed by atoms with Crippen molar-refractivity contribution < 1.29 is 27.9 Å². The van der Waals surface area contributed by atoms with Crippen molar-refractivity contribution >= 4 is 57.9 Å². The summed E-state index contributed by atoms with van der Waals surface area (Å²) in [7, 11) is 0. The van der Waals surface area contributed by atoms with E-state index in [4.69, 9.17) is 38.8 Å². The van der Waals surface area contributed by atoms with E-state index in [0.717, 1.165) is 24.2 Å². The van der Waals surface area contributed by atoms with Crippen LogP contribution in [0.1, 0.15) is 41.7 Å². The first kappa shape index (κ1) is 29.7. The molecule has 4 aromatic heterocycles. The number of nitrogens with one attached hydrogen (secondary N) is 1. The van der Waals surface area contributed by atoms with Gasteiger partial charge in [0.25, 0.3) is 5.91 Å². The number of aliphatic carboxylic acids is 1. The quantitative estimate of drug-likeness (QED) is 0.307. The van der Waals surface area contributed by atoms with Gasteiger partial charge in [0.2, 0.25) is 0 Å². The van der Waals surface area contributed by atoms with Crippen LogP contribution in [0.3, 0.4) is 0 Å². The van der Waals surface area contributed by atoms with Gasteiger partial charge >= 0.3 is 12.1 Å². The maximum Gasteiger partial charge on any atom is 0.490 e. The summed E-state index contributed by atoms with van der Waals surface area (Å²) in [5.41, 5.74) is 8.00. The molecule has 0 spiro atoms. The van der Waals surface area contributed by atoms with Crippen molar-refractivity contribution in [3.8, 4) is 6.07 Å². The fourth-order valence-corrected chi connectivity index (χ4v) is 5.03. The second-order valence-corrected chi connectivity index (χ2v) is 9.83.